The summed E-state index contributed by atoms with van der Waals surface area (Å²) in [4.78, 5) is 29.2. The average molecular weight is 467 g/mol. The molecule has 1 N–H and O–H groups in total. The Morgan fingerprint density at radius 2 is 1.84 bits per heavy atom. The lowest BCUT2D eigenvalue weighted by Crippen LogP contribution is -2.48. The molecule has 0 spiro atoms. The van der Waals surface area contributed by atoms with E-state index in [1.807, 2.05) is 17.5 Å². The monoisotopic (exact) mass is 466 g/mol. The van der Waals surface area contributed by atoms with Gasteiger partial charge in [0.2, 0.25) is 11.7 Å². The molecule has 1 fully saturated rings. The fourth-order valence-electron chi connectivity index (χ4n) is 3.36. The van der Waals surface area contributed by atoms with Crippen molar-refractivity contribution in [3.8, 4) is 17.2 Å². The average Bonchev–Trinajstić information content (AvgIpc) is 3.47. The molecule has 0 aliphatic carbocycles. The molecule has 2 unspecified atom stereocenters. The molecule has 10 heteroatoms. The van der Waals surface area contributed by atoms with Crippen LogP contribution in [-0.4, -0.2) is 70.1 Å². The van der Waals surface area contributed by atoms with Gasteiger partial charge in [0.1, 0.15) is 11.4 Å². The Morgan fingerprint density at radius 1 is 1.13 bits per heavy atom. The van der Waals surface area contributed by atoms with E-state index in [9.17, 15) is 9.59 Å². The highest BCUT2D eigenvalue weighted by Crippen LogP contribution is 2.45. The van der Waals surface area contributed by atoms with E-state index in [0.29, 0.717) is 41.7 Å². The van der Waals surface area contributed by atoms with E-state index in [-0.39, 0.29) is 17.2 Å². The maximum Gasteiger partial charge on any atom is 0.256 e. The number of benzene rings is 1. The fraction of sp³-hybridized carbons (Fsp3) is 0.429. The molecular formula is C21H26N2O6S2. The summed E-state index contributed by atoms with van der Waals surface area (Å²) in [5.41, 5.74) is 0.355. The van der Waals surface area contributed by atoms with Gasteiger partial charge >= 0.3 is 0 Å². The van der Waals surface area contributed by atoms with Crippen LogP contribution < -0.4 is 19.5 Å². The Kier molecular flexibility index (Phi) is 8.05. The SMILES string of the molecule is COCCNC(=O)C1CSC(c2cccs2)N1C(=O)c1cc(OC)c(OC)c(OC)c1. The topological polar surface area (TPSA) is 86.3 Å². The van der Waals surface area contributed by atoms with E-state index in [1.165, 1.54) is 21.3 Å². The first-order valence-electron chi connectivity index (χ1n) is 9.60. The molecule has 2 atom stereocenters. The van der Waals surface area contributed by atoms with Crippen molar-refractivity contribution in [1.29, 1.82) is 0 Å². The Balaban J connectivity index is 1.97. The molecule has 8 nitrogen and oxygen atoms in total. The van der Waals surface area contributed by atoms with E-state index in [1.54, 1.807) is 47.2 Å². The van der Waals surface area contributed by atoms with Gasteiger partial charge in [-0.3, -0.25) is 9.59 Å². The van der Waals surface area contributed by atoms with Gasteiger partial charge in [0.25, 0.3) is 5.91 Å². The Hall–Kier alpha value is -2.43. The summed E-state index contributed by atoms with van der Waals surface area (Å²) in [6, 6.07) is 6.52. The molecule has 1 aliphatic rings. The van der Waals surface area contributed by atoms with Crippen LogP contribution >= 0.6 is 23.1 Å². The van der Waals surface area contributed by atoms with Gasteiger partial charge in [-0.15, -0.1) is 23.1 Å². The highest BCUT2D eigenvalue weighted by Gasteiger charge is 2.43. The number of carbonyl (C=O) groups is 2. The smallest absolute Gasteiger partial charge is 0.256 e. The summed E-state index contributed by atoms with van der Waals surface area (Å²) < 4.78 is 21.2. The summed E-state index contributed by atoms with van der Waals surface area (Å²) in [6.45, 7) is 0.785. The molecule has 31 heavy (non-hydrogen) atoms. The standard InChI is InChI=1S/C21H26N2O6S2/c1-26-8-7-22-19(24)14-12-31-21(17-6-5-9-30-17)23(14)20(25)13-10-15(27-2)18(29-4)16(11-13)28-3/h5-6,9-11,14,21H,7-8,12H2,1-4H3,(H,22,24). The van der Waals surface area contributed by atoms with Crippen LogP contribution in [0.25, 0.3) is 0 Å². The number of thiophene rings is 1. The quantitative estimate of drug-likeness (QED) is 0.569. The van der Waals surface area contributed by atoms with Gasteiger partial charge in [-0.05, 0) is 23.6 Å². The lowest BCUT2D eigenvalue weighted by Gasteiger charge is -2.29. The Bertz CT molecular complexity index is 880. The zero-order valence-corrected chi connectivity index (χ0v) is 19.5. The third-order valence-corrected chi connectivity index (χ3v) is 7.22. The predicted molar refractivity (Wildman–Crippen MR) is 120 cm³/mol. The fourth-order valence-corrected chi connectivity index (χ4v) is 5.75. The maximum absolute atomic E-state index is 13.7. The van der Waals surface area contributed by atoms with Crippen molar-refractivity contribution in [3.63, 3.8) is 0 Å². The van der Waals surface area contributed by atoms with Crippen LogP contribution in [0.2, 0.25) is 0 Å². The lowest BCUT2D eigenvalue weighted by atomic mass is 10.1. The van der Waals surface area contributed by atoms with Crippen LogP contribution in [0, 0.1) is 0 Å². The third kappa shape index (κ3) is 4.91. The number of thioether (sulfide) groups is 1. The number of amides is 2. The Morgan fingerprint density at radius 3 is 2.39 bits per heavy atom. The molecule has 0 bridgehead atoms. The molecule has 0 saturated carbocycles. The molecule has 168 valence electrons. The third-order valence-electron chi connectivity index (χ3n) is 4.84. The van der Waals surface area contributed by atoms with Crippen LogP contribution in [0.4, 0.5) is 0 Å². The first kappa shape index (κ1) is 23.2. The number of hydrogen-bond acceptors (Lipinski definition) is 8. The lowest BCUT2D eigenvalue weighted by molar-refractivity contribution is -0.125. The zero-order valence-electron chi connectivity index (χ0n) is 17.9. The summed E-state index contributed by atoms with van der Waals surface area (Å²) in [5.74, 6) is 1.17. The van der Waals surface area contributed by atoms with Crippen LogP contribution in [-0.2, 0) is 9.53 Å². The van der Waals surface area contributed by atoms with E-state index < -0.39 is 6.04 Å². The molecule has 1 saturated heterocycles. The normalized spacial score (nSPS) is 18.0. The predicted octanol–water partition coefficient (Wildman–Crippen LogP) is 2.79. The molecule has 1 aliphatic heterocycles. The van der Waals surface area contributed by atoms with Crippen LogP contribution in [0.1, 0.15) is 20.6 Å². The van der Waals surface area contributed by atoms with Crippen molar-refractivity contribution in [2.45, 2.75) is 11.4 Å². The summed E-state index contributed by atoms with van der Waals surface area (Å²) in [7, 11) is 6.08. The van der Waals surface area contributed by atoms with Gasteiger partial charge in [0.15, 0.2) is 11.5 Å². The van der Waals surface area contributed by atoms with E-state index in [2.05, 4.69) is 5.32 Å². The molecule has 1 aromatic heterocycles. The molecule has 2 heterocycles. The van der Waals surface area contributed by atoms with Crippen LogP contribution in [0.15, 0.2) is 29.6 Å². The van der Waals surface area contributed by atoms with Crippen molar-refractivity contribution in [3.05, 3.63) is 40.1 Å². The summed E-state index contributed by atoms with van der Waals surface area (Å²) in [6.07, 6.45) is 0. The minimum Gasteiger partial charge on any atom is -0.493 e. The number of nitrogens with zero attached hydrogens (tertiary/aromatic N) is 1. The molecule has 0 radical (unpaired) electrons. The molecule has 1 aromatic carbocycles. The second kappa shape index (κ2) is 10.7. The van der Waals surface area contributed by atoms with E-state index in [4.69, 9.17) is 18.9 Å². The van der Waals surface area contributed by atoms with Crippen LogP contribution in [0.3, 0.4) is 0 Å². The van der Waals surface area contributed by atoms with Crippen molar-refractivity contribution in [2.75, 3.05) is 47.3 Å². The minimum absolute atomic E-state index is 0.204. The van der Waals surface area contributed by atoms with E-state index in [0.717, 1.165) is 4.88 Å². The van der Waals surface area contributed by atoms with Crippen molar-refractivity contribution in [1.82, 2.24) is 10.2 Å². The van der Waals surface area contributed by atoms with Crippen molar-refractivity contribution in [2.24, 2.45) is 0 Å². The van der Waals surface area contributed by atoms with Gasteiger partial charge in [-0.25, -0.2) is 0 Å². The first-order valence-corrected chi connectivity index (χ1v) is 11.5. The molecule has 2 amide bonds. The van der Waals surface area contributed by atoms with Gasteiger partial charge in [-0.1, -0.05) is 6.07 Å². The van der Waals surface area contributed by atoms with Crippen molar-refractivity contribution < 1.29 is 28.5 Å². The summed E-state index contributed by atoms with van der Waals surface area (Å²) >= 11 is 3.13. The largest absolute Gasteiger partial charge is 0.493 e. The highest BCUT2D eigenvalue weighted by molar-refractivity contribution is 7.99. The second-order valence-electron chi connectivity index (χ2n) is 6.63. The first-order chi connectivity index (χ1) is 15.0. The van der Waals surface area contributed by atoms with Gasteiger partial charge in [0, 0.05) is 29.8 Å². The van der Waals surface area contributed by atoms with Crippen LogP contribution in [0.5, 0.6) is 17.2 Å². The zero-order chi connectivity index (χ0) is 22.4. The number of rotatable bonds is 9. The van der Waals surface area contributed by atoms with E-state index >= 15 is 0 Å². The number of nitrogens with one attached hydrogen (secondary N) is 1. The molecule has 2 aromatic rings. The van der Waals surface area contributed by atoms with Gasteiger partial charge < -0.3 is 29.2 Å². The Labute approximate surface area is 189 Å². The number of ether oxygens (including phenoxy) is 4. The highest BCUT2D eigenvalue weighted by atomic mass is 32.2. The number of methoxy groups -OCH3 is 4. The number of hydrogen-bond donors (Lipinski definition) is 1. The number of carbonyl (C=O) groups excluding carboxylic acids is 2. The van der Waals surface area contributed by atoms with Gasteiger partial charge in [-0.2, -0.15) is 0 Å². The summed E-state index contributed by atoms with van der Waals surface area (Å²) in [5, 5.41) is 4.56. The second-order valence-corrected chi connectivity index (χ2v) is 8.72. The van der Waals surface area contributed by atoms with Crippen molar-refractivity contribution >= 4 is 34.9 Å². The molecular weight excluding hydrogens is 440 g/mol. The minimum atomic E-state index is -0.611. The maximum atomic E-state index is 13.7. The van der Waals surface area contributed by atoms with Gasteiger partial charge in [0.05, 0.1) is 27.9 Å². The molecule has 3 rings (SSSR count).